The van der Waals surface area contributed by atoms with Crippen LogP contribution in [0, 0.1) is 6.10 Å². The van der Waals surface area contributed by atoms with Gasteiger partial charge in [0.2, 0.25) is 0 Å². The standard InChI is InChI=1S/C5H10ClO.V/c1-2-5(7)3-4-6;/h7H,2-4H2,1H3;/q-1;. The number of alkyl halides is 1. The van der Waals surface area contributed by atoms with E-state index < -0.39 is 0 Å². The van der Waals surface area contributed by atoms with Gasteiger partial charge in [-0.2, -0.15) is 12.5 Å². The molecule has 49 valence electrons. The van der Waals surface area contributed by atoms with Gasteiger partial charge in [0.05, 0.1) is 0 Å². The second-order valence-electron chi connectivity index (χ2n) is 1.36. The largest absolute Gasteiger partial charge is 0.563 e. The molecule has 1 N–H and O–H groups in total. The quantitative estimate of drug-likeness (QED) is 0.510. The number of halogens is 1. The molecule has 0 aromatic carbocycles. The average Bonchev–Trinajstić information content (AvgIpc) is 1.68. The molecule has 1 radical (unpaired) electrons. The molecule has 1 nitrogen and oxygen atoms in total. The smallest absolute Gasteiger partial charge is 0 e. The number of aliphatic hydroxyl groups is 1. The maximum atomic E-state index is 8.69. The van der Waals surface area contributed by atoms with Crippen LogP contribution >= 0.6 is 11.6 Å². The van der Waals surface area contributed by atoms with E-state index in [1.807, 2.05) is 6.92 Å². The Hall–Kier alpha value is 0.834. The van der Waals surface area contributed by atoms with Gasteiger partial charge in [-0.05, 0) is 5.88 Å². The van der Waals surface area contributed by atoms with Gasteiger partial charge in [0.25, 0.3) is 0 Å². The molecule has 0 aromatic heterocycles. The minimum Gasteiger partial charge on any atom is -0.563 e. The van der Waals surface area contributed by atoms with Crippen LogP contribution in [0.4, 0.5) is 0 Å². The van der Waals surface area contributed by atoms with E-state index >= 15 is 0 Å². The van der Waals surface area contributed by atoms with Crippen LogP contribution in [0.2, 0.25) is 0 Å². The molecule has 0 saturated carbocycles. The predicted molar refractivity (Wildman–Crippen MR) is 30.8 cm³/mol. The predicted octanol–water partition coefficient (Wildman–Crippen LogP) is 1.93. The molecule has 0 heterocycles. The second kappa shape index (κ2) is 7.83. The summed E-state index contributed by atoms with van der Waals surface area (Å²) in [6.07, 6.45) is 1.86. The second-order valence-corrected chi connectivity index (χ2v) is 1.74. The average molecular weight is 173 g/mol. The Morgan fingerprint density at radius 2 is 2.12 bits per heavy atom. The molecular formula is C5H10ClOV-. The molecule has 0 saturated heterocycles. The van der Waals surface area contributed by atoms with Crippen LogP contribution in [-0.4, -0.2) is 11.0 Å². The summed E-state index contributed by atoms with van der Waals surface area (Å²) in [4.78, 5) is 0. The molecule has 0 aliphatic rings. The summed E-state index contributed by atoms with van der Waals surface area (Å²) in [5.74, 6) is 0.527. The fourth-order valence-electron chi connectivity index (χ4n) is 0.286. The van der Waals surface area contributed by atoms with Gasteiger partial charge >= 0.3 is 0 Å². The van der Waals surface area contributed by atoms with Gasteiger partial charge in [-0.25, -0.2) is 0 Å². The third-order valence-corrected chi connectivity index (χ3v) is 0.980. The van der Waals surface area contributed by atoms with Gasteiger partial charge in [-0.1, -0.05) is 6.92 Å². The molecule has 0 spiro atoms. The van der Waals surface area contributed by atoms with Crippen molar-refractivity contribution in [2.24, 2.45) is 0 Å². The van der Waals surface area contributed by atoms with Gasteiger partial charge in [-0.3, -0.25) is 0 Å². The first-order valence-corrected chi connectivity index (χ1v) is 2.94. The first-order chi connectivity index (χ1) is 3.31. The molecule has 0 fully saturated rings. The van der Waals surface area contributed by atoms with Gasteiger partial charge in [0, 0.05) is 18.6 Å². The van der Waals surface area contributed by atoms with Crippen LogP contribution in [0.1, 0.15) is 19.8 Å². The van der Waals surface area contributed by atoms with E-state index in [9.17, 15) is 0 Å². The van der Waals surface area contributed by atoms with Crippen molar-refractivity contribution >= 4 is 11.6 Å². The van der Waals surface area contributed by atoms with Crippen LogP contribution in [0.25, 0.3) is 0 Å². The van der Waals surface area contributed by atoms with Crippen molar-refractivity contribution in [2.45, 2.75) is 19.8 Å². The van der Waals surface area contributed by atoms with Crippen LogP contribution in [0.5, 0.6) is 0 Å². The summed E-state index contributed by atoms with van der Waals surface area (Å²) in [6.45, 7) is 1.90. The fraction of sp³-hybridized carbons (Fsp3) is 0.800. The summed E-state index contributed by atoms with van der Waals surface area (Å²) >= 11 is 5.29. The Kier molecular flexibility index (Phi) is 11.4. The number of rotatable bonds is 3. The topological polar surface area (TPSA) is 20.2 Å². The number of hydrogen-bond donors (Lipinski definition) is 1. The maximum Gasteiger partial charge on any atom is 0 e. The van der Waals surface area contributed by atoms with Crippen molar-refractivity contribution in [1.29, 1.82) is 0 Å². The zero-order valence-corrected chi connectivity index (χ0v) is 7.05. The third kappa shape index (κ3) is 6.83. The minimum atomic E-state index is 0. The normalized spacial score (nSPS) is 9.00. The zero-order valence-electron chi connectivity index (χ0n) is 4.89. The molecule has 8 heavy (non-hydrogen) atoms. The van der Waals surface area contributed by atoms with Crippen LogP contribution in [0.15, 0.2) is 0 Å². The molecule has 0 aliphatic heterocycles. The molecule has 0 unspecified atom stereocenters. The number of hydrogen-bond acceptors (Lipinski definition) is 1. The van der Waals surface area contributed by atoms with E-state index in [0.29, 0.717) is 18.4 Å². The Labute approximate surface area is 67.3 Å². The maximum absolute atomic E-state index is 8.69. The van der Waals surface area contributed by atoms with E-state index in [0.717, 1.165) is 6.42 Å². The monoisotopic (exact) mass is 172 g/mol. The molecular weight excluding hydrogens is 162 g/mol. The molecule has 0 atom stereocenters. The molecule has 0 bridgehead atoms. The van der Waals surface area contributed by atoms with E-state index in [1.165, 1.54) is 0 Å². The van der Waals surface area contributed by atoms with Gasteiger partial charge in [-0.15, -0.1) is 18.0 Å². The molecule has 3 heteroatoms. The van der Waals surface area contributed by atoms with E-state index in [1.54, 1.807) is 0 Å². The molecule has 0 rings (SSSR count). The summed E-state index contributed by atoms with van der Waals surface area (Å²) in [5.41, 5.74) is 0. The van der Waals surface area contributed by atoms with Gasteiger partial charge in [0.1, 0.15) is 0 Å². The molecule has 0 amide bonds. The van der Waals surface area contributed by atoms with Gasteiger partial charge in [0.15, 0.2) is 0 Å². The van der Waals surface area contributed by atoms with Crippen LogP contribution < -0.4 is 0 Å². The Morgan fingerprint density at radius 1 is 1.62 bits per heavy atom. The Bertz CT molecular complexity index is 43.4. The summed E-state index contributed by atoms with van der Waals surface area (Å²) < 4.78 is 0. The third-order valence-electron chi connectivity index (χ3n) is 0.791. The summed E-state index contributed by atoms with van der Waals surface area (Å²) in [7, 11) is 0. The van der Waals surface area contributed by atoms with E-state index in [4.69, 9.17) is 16.7 Å². The zero-order chi connectivity index (χ0) is 5.70. The fourth-order valence-corrected chi connectivity index (χ4v) is 0.504. The first-order valence-electron chi connectivity index (χ1n) is 2.41. The van der Waals surface area contributed by atoms with Crippen molar-refractivity contribution in [1.82, 2.24) is 0 Å². The van der Waals surface area contributed by atoms with Crippen molar-refractivity contribution in [3.8, 4) is 0 Å². The summed E-state index contributed by atoms with van der Waals surface area (Å²) in [6, 6.07) is 0. The van der Waals surface area contributed by atoms with Gasteiger partial charge < -0.3 is 5.11 Å². The van der Waals surface area contributed by atoms with Crippen LogP contribution in [0.3, 0.4) is 0 Å². The van der Waals surface area contributed by atoms with Crippen molar-refractivity contribution < 1.29 is 23.7 Å². The Balaban J connectivity index is 0. The van der Waals surface area contributed by atoms with Crippen LogP contribution in [-0.2, 0) is 18.6 Å². The Morgan fingerprint density at radius 3 is 2.25 bits per heavy atom. The molecule has 0 aliphatic carbocycles. The summed E-state index contributed by atoms with van der Waals surface area (Å²) in [5, 5.41) is 8.69. The van der Waals surface area contributed by atoms with E-state index in [2.05, 4.69) is 0 Å². The molecule has 0 aromatic rings. The minimum absolute atomic E-state index is 0. The number of aliphatic hydroxyl groups excluding tert-OH is 1. The van der Waals surface area contributed by atoms with E-state index in [-0.39, 0.29) is 18.6 Å². The van der Waals surface area contributed by atoms with Crippen molar-refractivity contribution in [3.05, 3.63) is 6.10 Å². The van der Waals surface area contributed by atoms with Crippen molar-refractivity contribution in [3.63, 3.8) is 0 Å². The van der Waals surface area contributed by atoms with Crippen molar-refractivity contribution in [2.75, 3.05) is 5.88 Å². The SMILES string of the molecule is CC[C-](O)CCCl.[V]. The first kappa shape index (κ1) is 11.6.